The molecule has 0 amide bonds. The first kappa shape index (κ1) is 25.6. The number of rotatable bonds is 11. The zero-order valence-corrected chi connectivity index (χ0v) is 19.9. The van der Waals surface area contributed by atoms with Crippen LogP contribution in [0, 0.1) is 0 Å². The fraction of sp³-hybridized carbons (Fsp3) is 0.231. The van der Waals surface area contributed by atoms with E-state index in [4.69, 9.17) is 9.47 Å². The molecule has 2 atom stereocenters. The molecule has 32 heavy (non-hydrogen) atoms. The SMILES string of the molecule is C/C=C/C=C/C(=O)OC(SSC(OC(=O)/C=C/C=C/C)c1ccccc1)C1=CC=CCC1. The molecule has 2 rings (SSSR count). The van der Waals surface area contributed by atoms with E-state index in [9.17, 15) is 9.59 Å². The standard InChI is InChI=1S/C26H28O4S2/c1-3-5-9-19-23(27)29-25(21-15-11-7-12-16-21)31-32-26(22-17-13-8-14-18-22)30-24(28)20-10-6-4-2/h3-13,15-17,19-20,25-26H,14,18H2,1-2H3/b5-3+,6-4+,19-9+,20-10+. The number of hydrogen-bond acceptors (Lipinski definition) is 6. The first-order valence-corrected chi connectivity index (χ1v) is 12.6. The normalized spacial score (nSPS) is 16.0. The number of esters is 2. The van der Waals surface area contributed by atoms with Crippen LogP contribution in [0.4, 0.5) is 0 Å². The molecule has 0 aliphatic heterocycles. The zero-order valence-electron chi connectivity index (χ0n) is 18.3. The maximum Gasteiger partial charge on any atom is 0.332 e. The van der Waals surface area contributed by atoms with Crippen LogP contribution in [0.15, 0.2) is 103 Å². The Labute approximate surface area is 198 Å². The van der Waals surface area contributed by atoms with Crippen LogP contribution >= 0.6 is 21.6 Å². The molecule has 2 unspecified atom stereocenters. The predicted molar refractivity (Wildman–Crippen MR) is 135 cm³/mol. The quantitative estimate of drug-likeness (QED) is 0.114. The molecule has 0 heterocycles. The predicted octanol–water partition coefficient (Wildman–Crippen LogP) is 7.02. The van der Waals surface area contributed by atoms with Gasteiger partial charge in [-0.15, -0.1) is 0 Å². The highest BCUT2D eigenvalue weighted by atomic mass is 33.1. The Kier molecular flexibility index (Phi) is 12.1. The number of benzene rings is 1. The minimum atomic E-state index is -0.552. The van der Waals surface area contributed by atoms with Gasteiger partial charge in [-0.2, -0.15) is 0 Å². The summed E-state index contributed by atoms with van der Waals surface area (Å²) in [6, 6.07) is 9.52. The van der Waals surface area contributed by atoms with Crippen LogP contribution in [0.3, 0.4) is 0 Å². The number of allylic oxidation sites excluding steroid dienone is 9. The maximum atomic E-state index is 12.3. The van der Waals surface area contributed by atoms with Crippen LogP contribution in [-0.2, 0) is 19.1 Å². The second kappa shape index (κ2) is 15.2. The molecule has 1 aromatic carbocycles. The first-order chi connectivity index (χ1) is 15.6. The number of carbonyl (C=O) groups is 2. The monoisotopic (exact) mass is 468 g/mol. The summed E-state index contributed by atoms with van der Waals surface area (Å²) < 4.78 is 11.4. The van der Waals surface area contributed by atoms with Gasteiger partial charge in [-0.05, 0) is 53.9 Å². The molecule has 0 radical (unpaired) electrons. The van der Waals surface area contributed by atoms with Crippen LogP contribution in [0.25, 0.3) is 0 Å². The smallest absolute Gasteiger partial charge is 0.332 e. The van der Waals surface area contributed by atoms with Gasteiger partial charge in [0.15, 0.2) is 10.9 Å². The molecule has 1 aliphatic rings. The van der Waals surface area contributed by atoms with Gasteiger partial charge in [0.1, 0.15) is 0 Å². The average molecular weight is 469 g/mol. The van der Waals surface area contributed by atoms with Crippen molar-refractivity contribution in [2.75, 3.05) is 0 Å². The lowest BCUT2D eigenvalue weighted by atomic mass is 10.1. The number of hydrogen-bond donors (Lipinski definition) is 0. The Morgan fingerprint density at radius 3 is 2.03 bits per heavy atom. The second-order valence-corrected chi connectivity index (χ2v) is 9.01. The van der Waals surface area contributed by atoms with Gasteiger partial charge in [-0.3, -0.25) is 0 Å². The molecule has 6 heteroatoms. The molecule has 0 aromatic heterocycles. The maximum absolute atomic E-state index is 12.3. The molecule has 4 nitrogen and oxygen atoms in total. The van der Waals surface area contributed by atoms with Crippen molar-refractivity contribution in [2.24, 2.45) is 0 Å². The molecular formula is C26H28O4S2. The molecule has 0 N–H and O–H groups in total. The van der Waals surface area contributed by atoms with E-state index in [1.807, 2.05) is 68.5 Å². The van der Waals surface area contributed by atoms with Crippen molar-refractivity contribution < 1.29 is 19.1 Å². The highest BCUT2D eigenvalue weighted by Gasteiger charge is 2.24. The second-order valence-electron chi connectivity index (χ2n) is 6.62. The summed E-state index contributed by atoms with van der Waals surface area (Å²) in [5, 5.41) is 0. The lowest BCUT2D eigenvalue weighted by molar-refractivity contribution is -0.140. The van der Waals surface area contributed by atoms with Gasteiger partial charge in [-0.25, -0.2) is 9.59 Å². The molecule has 168 valence electrons. The van der Waals surface area contributed by atoms with Gasteiger partial charge in [0, 0.05) is 17.7 Å². The van der Waals surface area contributed by atoms with E-state index in [0.717, 1.165) is 24.0 Å². The van der Waals surface area contributed by atoms with E-state index in [1.54, 1.807) is 24.3 Å². The summed E-state index contributed by atoms with van der Waals surface area (Å²) in [7, 11) is 2.73. The Balaban J connectivity index is 2.14. The lowest BCUT2D eigenvalue weighted by Gasteiger charge is -2.23. The molecule has 0 fully saturated rings. The number of carbonyl (C=O) groups excluding carboxylic acids is 2. The molecule has 1 aliphatic carbocycles. The molecular weight excluding hydrogens is 440 g/mol. The summed E-state index contributed by atoms with van der Waals surface area (Å²) in [5.41, 5.74) is 0.830. The van der Waals surface area contributed by atoms with Crippen LogP contribution in [0.2, 0.25) is 0 Å². The Morgan fingerprint density at radius 2 is 1.47 bits per heavy atom. The largest absolute Gasteiger partial charge is 0.443 e. The Bertz CT molecular complexity index is 911. The topological polar surface area (TPSA) is 52.6 Å². The van der Waals surface area contributed by atoms with E-state index < -0.39 is 22.8 Å². The first-order valence-electron chi connectivity index (χ1n) is 10.4. The third-order valence-corrected chi connectivity index (χ3v) is 6.78. The number of ether oxygens (including phenoxy) is 2. The molecule has 0 saturated carbocycles. The van der Waals surface area contributed by atoms with Gasteiger partial charge >= 0.3 is 11.9 Å². The summed E-state index contributed by atoms with van der Waals surface area (Å²) in [6.07, 6.45) is 21.0. The summed E-state index contributed by atoms with van der Waals surface area (Å²) in [5.74, 6) is -0.855. The van der Waals surface area contributed by atoms with Gasteiger partial charge in [0.2, 0.25) is 0 Å². The lowest BCUT2D eigenvalue weighted by Crippen LogP contribution is -2.16. The molecule has 0 spiro atoms. The van der Waals surface area contributed by atoms with Crippen LogP contribution in [0.1, 0.15) is 37.7 Å². The molecule has 0 bridgehead atoms. The summed E-state index contributed by atoms with van der Waals surface area (Å²) in [6.45, 7) is 3.75. The van der Waals surface area contributed by atoms with E-state index in [0.29, 0.717) is 0 Å². The third kappa shape index (κ3) is 9.62. The van der Waals surface area contributed by atoms with E-state index in [2.05, 4.69) is 6.08 Å². The van der Waals surface area contributed by atoms with Crippen molar-refractivity contribution in [3.63, 3.8) is 0 Å². The van der Waals surface area contributed by atoms with Crippen molar-refractivity contribution in [2.45, 2.75) is 37.6 Å². The third-order valence-electron chi connectivity index (χ3n) is 4.17. The van der Waals surface area contributed by atoms with Crippen molar-refractivity contribution >= 4 is 33.5 Å². The van der Waals surface area contributed by atoms with E-state index in [-0.39, 0.29) is 0 Å². The average Bonchev–Trinajstić information content (AvgIpc) is 2.82. The minimum absolute atomic E-state index is 0.417. The fourth-order valence-corrected chi connectivity index (χ4v) is 5.21. The summed E-state index contributed by atoms with van der Waals surface area (Å²) in [4.78, 5) is 24.6. The minimum Gasteiger partial charge on any atom is -0.443 e. The van der Waals surface area contributed by atoms with Crippen molar-refractivity contribution in [3.8, 4) is 0 Å². The van der Waals surface area contributed by atoms with Crippen molar-refractivity contribution in [3.05, 3.63) is 108 Å². The van der Waals surface area contributed by atoms with Crippen molar-refractivity contribution in [1.82, 2.24) is 0 Å². The Hall–Kier alpha value is -2.70. The van der Waals surface area contributed by atoms with Gasteiger partial charge in [-0.1, -0.05) is 85.0 Å². The molecule has 1 aromatic rings. The Morgan fingerprint density at radius 1 is 0.875 bits per heavy atom. The van der Waals surface area contributed by atoms with Gasteiger partial charge < -0.3 is 9.47 Å². The van der Waals surface area contributed by atoms with Gasteiger partial charge in [0.05, 0.1) is 0 Å². The van der Waals surface area contributed by atoms with Crippen LogP contribution in [-0.4, -0.2) is 17.4 Å². The van der Waals surface area contributed by atoms with Gasteiger partial charge in [0.25, 0.3) is 0 Å². The van der Waals surface area contributed by atoms with Crippen LogP contribution < -0.4 is 0 Å². The van der Waals surface area contributed by atoms with E-state index in [1.165, 1.54) is 33.7 Å². The highest BCUT2D eigenvalue weighted by molar-refractivity contribution is 8.77. The highest BCUT2D eigenvalue weighted by Crippen LogP contribution is 2.44. The van der Waals surface area contributed by atoms with E-state index >= 15 is 0 Å². The summed E-state index contributed by atoms with van der Waals surface area (Å²) >= 11 is 0. The molecule has 0 saturated heterocycles. The fourth-order valence-electron chi connectivity index (χ4n) is 2.61. The zero-order chi connectivity index (χ0) is 23.0. The van der Waals surface area contributed by atoms with Crippen molar-refractivity contribution in [1.29, 1.82) is 0 Å². The van der Waals surface area contributed by atoms with Crippen LogP contribution in [0.5, 0.6) is 0 Å².